The molecule has 2 fully saturated rings. The highest BCUT2D eigenvalue weighted by Gasteiger charge is 2.49. The summed E-state index contributed by atoms with van der Waals surface area (Å²) in [6.45, 7) is 2.74. The summed E-state index contributed by atoms with van der Waals surface area (Å²) in [5, 5.41) is 0. The Kier molecular flexibility index (Phi) is 3.26. The topological polar surface area (TPSA) is 38.8 Å². The minimum atomic E-state index is -0.305. The predicted octanol–water partition coefficient (Wildman–Crippen LogP) is 2.63. The largest absolute Gasteiger partial charge is 0.466 e. The number of nitrogens with zero attached hydrogens (tertiary/aromatic N) is 1. The minimum Gasteiger partial charge on any atom is -0.466 e. The molecule has 20 heavy (non-hydrogen) atoms. The van der Waals surface area contributed by atoms with Crippen LogP contribution in [0.3, 0.4) is 0 Å². The molecule has 0 radical (unpaired) electrons. The summed E-state index contributed by atoms with van der Waals surface area (Å²) in [5.41, 5.74) is 1.92. The normalized spacial score (nSPS) is 30.6. The van der Waals surface area contributed by atoms with Crippen LogP contribution in [-0.2, 0) is 14.3 Å². The first-order valence-corrected chi connectivity index (χ1v) is 6.91. The third-order valence-corrected chi connectivity index (χ3v) is 4.20. The molecule has 4 heteroatoms. The van der Waals surface area contributed by atoms with Gasteiger partial charge < -0.3 is 14.4 Å². The van der Waals surface area contributed by atoms with Gasteiger partial charge >= 0.3 is 5.97 Å². The van der Waals surface area contributed by atoms with Crippen molar-refractivity contribution >= 4 is 5.97 Å². The van der Waals surface area contributed by atoms with Gasteiger partial charge in [0.15, 0.2) is 0 Å². The van der Waals surface area contributed by atoms with E-state index < -0.39 is 0 Å². The van der Waals surface area contributed by atoms with E-state index in [0.717, 1.165) is 18.5 Å². The van der Waals surface area contributed by atoms with Crippen LogP contribution in [0.25, 0.3) is 0 Å². The van der Waals surface area contributed by atoms with Gasteiger partial charge in [-0.2, -0.15) is 0 Å². The third kappa shape index (κ3) is 2.10. The number of hydrogen-bond acceptors (Lipinski definition) is 4. The molecule has 1 aromatic rings. The first-order valence-electron chi connectivity index (χ1n) is 6.91. The zero-order valence-corrected chi connectivity index (χ0v) is 11.8. The lowest BCUT2D eigenvalue weighted by Gasteiger charge is -2.32. The van der Waals surface area contributed by atoms with Crippen molar-refractivity contribution in [3.63, 3.8) is 0 Å². The van der Waals surface area contributed by atoms with Crippen LogP contribution in [0.5, 0.6) is 0 Å². The molecule has 0 saturated carbocycles. The molecule has 0 aromatic heterocycles. The van der Waals surface area contributed by atoms with Crippen molar-refractivity contribution in [3.05, 3.63) is 47.7 Å². The Balaban J connectivity index is 1.95. The molecule has 2 saturated heterocycles. The maximum Gasteiger partial charge on any atom is 0.332 e. The Bertz CT molecular complexity index is 540. The monoisotopic (exact) mass is 273 g/mol. The molecule has 106 valence electrons. The van der Waals surface area contributed by atoms with Gasteiger partial charge in [-0.25, -0.2) is 4.79 Å². The minimum absolute atomic E-state index is 0.166. The van der Waals surface area contributed by atoms with E-state index in [-0.39, 0.29) is 17.7 Å². The Morgan fingerprint density at radius 1 is 1.45 bits per heavy atom. The summed E-state index contributed by atoms with van der Waals surface area (Å²) in [6.07, 6.45) is 3.34. The Morgan fingerprint density at radius 3 is 2.90 bits per heavy atom. The van der Waals surface area contributed by atoms with Crippen LogP contribution in [-0.4, -0.2) is 30.3 Å². The average molecular weight is 273 g/mol. The Labute approximate surface area is 119 Å². The fourth-order valence-corrected chi connectivity index (χ4v) is 3.17. The van der Waals surface area contributed by atoms with E-state index in [2.05, 4.69) is 24.0 Å². The first-order chi connectivity index (χ1) is 9.64. The summed E-state index contributed by atoms with van der Waals surface area (Å²) in [5.74, 6) is -0.303. The molecule has 3 rings (SSSR count). The molecule has 1 aromatic carbocycles. The van der Waals surface area contributed by atoms with Gasteiger partial charge in [0.25, 0.3) is 0 Å². The van der Waals surface area contributed by atoms with Crippen LogP contribution in [0, 0.1) is 0 Å². The number of benzene rings is 1. The number of carbonyl (C=O) groups is 1. The van der Waals surface area contributed by atoms with Crippen LogP contribution >= 0.6 is 0 Å². The van der Waals surface area contributed by atoms with Gasteiger partial charge in [-0.05, 0) is 18.9 Å². The first kappa shape index (κ1) is 13.2. The van der Waals surface area contributed by atoms with Crippen molar-refractivity contribution in [1.82, 2.24) is 4.90 Å². The lowest BCUT2D eigenvalue weighted by atomic mass is 10.1. The molecule has 0 bridgehead atoms. The van der Waals surface area contributed by atoms with E-state index in [1.54, 1.807) is 6.08 Å². The van der Waals surface area contributed by atoms with Crippen molar-refractivity contribution in [2.24, 2.45) is 0 Å². The van der Waals surface area contributed by atoms with Gasteiger partial charge in [0, 0.05) is 18.2 Å². The van der Waals surface area contributed by atoms with Gasteiger partial charge in [-0.3, -0.25) is 0 Å². The fourth-order valence-electron chi connectivity index (χ4n) is 3.17. The van der Waals surface area contributed by atoms with Crippen LogP contribution in [0.15, 0.2) is 42.1 Å². The molecule has 2 aliphatic rings. The molecule has 2 heterocycles. The second-order valence-electron chi connectivity index (χ2n) is 5.44. The van der Waals surface area contributed by atoms with Gasteiger partial charge in [-0.15, -0.1) is 0 Å². The maximum atomic E-state index is 11.5. The number of esters is 1. The van der Waals surface area contributed by atoms with E-state index in [1.165, 1.54) is 12.7 Å². The van der Waals surface area contributed by atoms with E-state index in [9.17, 15) is 4.79 Å². The van der Waals surface area contributed by atoms with Crippen molar-refractivity contribution in [1.29, 1.82) is 0 Å². The third-order valence-electron chi connectivity index (χ3n) is 4.20. The zero-order chi connectivity index (χ0) is 14.2. The van der Waals surface area contributed by atoms with E-state index >= 15 is 0 Å². The highest BCUT2D eigenvalue weighted by Crippen LogP contribution is 2.48. The maximum absolute atomic E-state index is 11.5. The second kappa shape index (κ2) is 4.94. The highest BCUT2D eigenvalue weighted by atomic mass is 16.5. The lowest BCUT2D eigenvalue weighted by Crippen LogP contribution is -2.36. The second-order valence-corrected chi connectivity index (χ2v) is 5.44. The summed E-state index contributed by atoms with van der Waals surface area (Å²) >= 11 is 0. The average Bonchev–Trinajstić information content (AvgIpc) is 2.96. The molecule has 2 aliphatic heterocycles. The number of ether oxygens (including phenoxy) is 2. The van der Waals surface area contributed by atoms with Crippen molar-refractivity contribution in [2.45, 2.75) is 31.5 Å². The molecular weight excluding hydrogens is 254 g/mol. The highest BCUT2D eigenvalue weighted by molar-refractivity contribution is 5.82. The number of fused-ring (bicyclic) bond motifs is 1. The van der Waals surface area contributed by atoms with Crippen LogP contribution in [0.4, 0.5) is 0 Å². The number of allylic oxidation sites excluding steroid dienone is 1. The molecule has 4 nitrogen and oxygen atoms in total. The summed E-state index contributed by atoms with van der Waals surface area (Å²) < 4.78 is 10.8. The molecule has 0 spiro atoms. The van der Waals surface area contributed by atoms with Gasteiger partial charge in [-0.1, -0.05) is 30.3 Å². The van der Waals surface area contributed by atoms with E-state index in [1.807, 2.05) is 18.2 Å². The number of methoxy groups -OCH3 is 1. The molecule has 0 aliphatic carbocycles. The van der Waals surface area contributed by atoms with Crippen LogP contribution in [0.2, 0.25) is 0 Å². The SMILES string of the molecule is COC(=O)/C=C1/CC[C@@]2(C)OC[C@H](c3ccccc3)N12. The fraction of sp³-hybridized carbons (Fsp3) is 0.438. The smallest absolute Gasteiger partial charge is 0.332 e. The van der Waals surface area contributed by atoms with Crippen LogP contribution in [0.1, 0.15) is 31.4 Å². The van der Waals surface area contributed by atoms with Crippen molar-refractivity contribution in [3.8, 4) is 0 Å². The quantitative estimate of drug-likeness (QED) is 0.613. The zero-order valence-electron chi connectivity index (χ0n) is 11.8. The molecular formula is C16H19NO3. The number of hydrogen-bond donors (Lipinski definition) is 0. The molecule has 0 unspecified atom stereocenters. The molecule has 0 amide bonds. The van der Waals surface area contributed by atoms with Crippen molar-refractivity contribution in [2.75, 3.05) is 13.7 Å². The van der Waals surface area contributed by atoms with E-state index in [0.29, 0.717) is 6.61 Å². The predicted molar refractivity (Wildman–Crippen MR) is 74.7 cm³/mol. The van der Waals surface area contributed by atoms with Crippen LogP contribution < -0.4 is 0 Å². The summed E-state index contributed by atoms with van der Waals surface area (Å²) in [6, 6.07) is 10.4. The van der Waals surface area contributed by atoms with Gasteiger partial charge in [0.1, 0.15) is 5.72 Å². The Morgan fingerprint density at radius 2 is 2.20 bits per heavy atom. The van der Waals surface area contributed by atoms with E-state index in [4.69, 9.17) is 9.47 Å². The molecule has 0 N–H and O–H groups in total. The molecule has 2 atom stereocenters. The van der Waals surface area contributed by atoms with Gasteiger partial charge in [0.05, 0.1) is 19.8 Å². The Hall–Kier alpha value is -1.81. The number of carbonyl (C=O) groups excluding carboxylic acids is 1. The standard InChI is InChI=1S/C16H19NO3/c1-16-9-8-13(10-15(18)19-2)17(16)14(11-20-16)12-6-4-3-5-7-12/h3-7,10,14H,8-9,11H2,1-2H3/b13-10-/t14-,16-/m1/s1. The number of rotatable bonds is 2. The van der Waals surface area contributed by atoms with Gasteiger partial charge in [0.2, 0.25) is 0 Å². The summed E-state index contributed by atoms with van der Waals surface area (Å²) in [7, 11) is 1.41. The van der Waals surface area contributed by atoms with Crippen molar-refractivity contribution < 1.29 is 14.3 Å². The lowest BCUT2D eigenvalue weighted by molar-refractivity contribution is -0.135. The summed E-state index contributed by atoms with van der Waals surface area (Å²) in [4.78, 5) is 13.8.